The highest BCUT2D eigenvalue weighted by Crippen LogP contribution is 2.12. The van der Waals surface area contributed by atoms with Crippen molar-refractivity contribution in [3.63, 3.8) is 0 Å². The summed E-state index contributed by atoms with van der Waals surface area (Å²) >= 11 is 0. The molecule has 21 heavy (non-hydrogen) atoms. The first kappa shape index (κ1) is 13.5. The number of nitrogens with one attached hydrogen (secondary N) is 2. The van der Waals surface area contributed by atoms with Crippen LogP contribution in [-0.2, 0) is 4.79 Å². The SMILES string of the molecule is Cc1cc2ncc(C(=O)NC3CCC(=O)NC3)c(C)n2n1. The monoisotopic (exact) mass is 287 g/mol. The Morgan fingerprint density at radius 1 is 1.48 bits per heavy atom. The van der Waals surface area contributed by atoms with Crippen LogP contribution in [0.1, 0.15) is 34.6 Å². The van der Waals surface area contributed by atoms with Gasteiger partial charge in [-0.2, -0.15) is 5.10 Å². The standard InChI is InChI=1S/C14H17N5O2/c1-8-5-12-15-7-11(9(2)19(12)18-8)14(21)17-10-3-4-13(20)16-6-10/h5,7,10H,3-4,6H2,1-2H3,(H,16,20)(H,17,21). The molecule has 2 amide bonds. The van der Waals surface area contributed by atoms with Crippen LogP contribution in [0.25, 0.3) is 5.65 Å². The van der Waals surface area contributed by atoms with Crippen molar-refractivity contribution >= 4 is 17.5 Å². The normalized spacial score (nSPS) is 18.6. The molecule has 3 rings (SSSR count). The lowest BCUT2D eigenvalue weighted by atomic mass is 10.1. The molecule has 1 unspecified atom stereocenters. The van der Waals surface area contributed by atoms with Crippen molar-refractivity contribution in [3.05, 3.63) is 29.2 Å². The van der Waals surface area contributed by atoms with Crippen LogP contribution < -0.4 is 10.6 Å². The number of hydrogen-bond acceptors (Lipinski definition) is 4. The quantitative estimate of drug-likeness (QED) is 0.834. The second kappa shape index (κ2) is 5.16. The Labute approximate surface area is 121 Å². The van der Waals surface area contributed by atoms with E-state index in [2.05, 4.69) is 20.7 Å². The van der Waals surface area contributed by atoms with E-state index in [4.69, 9.17) is 0 Å². The van der Waals surface area contributed by atoms with E-state index >= 15 is 0 Å². The molecule has 1 aliphatic rings. The van der Waals surface area contributed by atoms with Gasteiger partial charge < -0.3 is 10.6 Å². The molecule has 0 aromatic carbocycles. The molecule has 0 saturated carbocycles. The first-order valence-corrected chi connectivity index (χ1v) is 6.94. The van der Waals surface area contributed by atoms with Crippen LogP contribution in [0.5, 0.6) is 0 Å². The van der Waals surface area contributed by atoms with E-state index in [1.165, 1.54) is 0 Å². The second-order valence-electron chi connectivity index (χ2n) is 5.33. The fourth-order valence-corrected chi connectivity index (χ4v) is 2.50. The minimum absolute atomic E-state index is 0.0341. The number of carbonyl (C=O) groups is 2. The number of fused-ring (bicyclic) bond motifs is 1. The van der Waals surface area contributed by atoms with Crippen LogP contribution in [0.4, 0.5) is 0 Å². The first-order valence-electron chi connectivity index (χ1n) is 6.94. The average molecular weight is 287 g/mol. The summed E-state index contributed by atoms with van der Waals surface area (Å²) in [5.74, 6) is -0.150. The Morgan fingerprint density at radius 3 is 3.00 bits per heavy atom. The molecule has 110 valence electrons. The second-order valence-corrected chi connectivity index (χ2v) is 5.33. The van der Waals surface area contributed by atoms with E-state index in [0.29, 0.717) is 24.9 Å². The smallest absolute Gasteiger partial charge is 0.254 e. The van der Waals surface area contributed by atoms with Crippen LogP contribution in [-0.4, -0.2) is 39.0 Å². The molecule has 1 saturated heterocycles. The number of rotatable bonds is 2. The maximum atomic E-state index is 12.4. The van der Waals surface area contributed by atoms with Gasteiger partial charge in [-0.1, -0.05) is 0 Å². The van der Waals surface area contributed by atoms with Crippen molar-refractivity contribution in [1.29, 1.82) is 0 Å². The maximum absolute atomic E-state index is 12.4. The Hall–Kier alpha value is -2.44. The molecular formula is C14H17N5O2. The summed E-state index contributed by atoms with van der Waals surface area (Å²) in [5.41, 5.74) is 2.84. The lowest BCUT2D eigenvalue weighted by Gasteiger charge is -2.23. The zero-order chi connectivity index (χ0) is 15.0. The lowest BCUT2D eigenvalue weighted by Crippen LogP contribution is -2.47. The third-order valence-corrected chi connectivity index (χ3v) is 3.69. The molecule has 1 atom stereocenters. The van der Waals surface area contributed by atoms with Gasteiger partial charge in [0.05, 0.1) is 17.0 Å². The minimum Gasteiger partial charge on any atom is -0.354 e. The van der Waals surface area contributed by atoms with Gasteiger partial charge in [0.2, 0.25) is 5.91 Å². The molecule has 2 aromatic rings. The van der Waals surface area contributed by atoms with E-state index in [0.717, 1.165) is 17.0 Å². The van der Waals surface area contributed by atoms with Gasteiger partial charge >= 0.3 is 0 Å². The van der Waals surface area contributed by atoms with Gasteiger partial charge in [0.15, 0.2) is 5.65 Å². The maximum Gasteiger partial charge on any atom is 0.254 e. The van der Waals surface area contributed by atoms with E-state index in [1.54, 1.807) is 10.7 Å². The van der Waals surface area contributed by atoms with Gasteiger partial charge in [0, 0.05) is 31.3 Å². The summed E-state index contributed by atoms with van der Waals surface area (Å²) in [7, 11) is 0. The molecule has 0 bridgehead atoms. The van der Waals surface area contributed by atoms with E-state index in [9.17, 15) is 9.59 Å². The van der Waals surface area contributed by atoms with Gasteiger partial charge in [-0.25, -0.2) is 9.50 Å². The highest BCUT2D eigenvalue weighted by Gasteiger charge is 2.21. The number of piperidine rings is 1. The van der Waals surface area contributed by atoms with Crippen LogP contribution in [0, 0.1) is 13.8 Å². The molecule has 2 N–H and O–H groups in total. The Balaban J connectivity index is 1.81. The highest BCUT2D eigenvalue weighted by atomic mass is 16.2. The molecule has 7 heteroatoms. The minimum atomic E-state index is -0.184. The van der Waals surface area contributed by atoms with Crippen molar-refractivity contribution in [2.45, 2.75) is 32.7 Å². The van der Waals surface area contributed by atoms with Crippen molar-refractivity contribution in [2.24, 2.45) is 0 Å². The fraction of sp³-hybridized carbons (Fsp3) is 0.429. The van der Waals surface area contributed by atoms with Crippen LogP contribution >= 0.6 is 0 Å². The van der Waals surface area contributed by atoms with Gasteiger partial charge in [-0.3, -0.25) is 9.59 Å². The molecule has 1 fully saturated rings. The number of nitrogens with zero attached hydrogens (tertiary/aromatic N) is 3. The van der Waals surface area contributed by atoms with Crippen LogP contribution in [0.2, 0.25) is 0 Å². The number of aromatic nitrogens is 3. The molecular weight excluding hydrogens is 270 g/mol. The zero-order valence-electron chi connectivity index (χ0n) is 12.0. The lowest BCUT2D eigenvalue weighted by molar-refractivity contribution is -0.122. The first-order chi connectivity index (χ1) is 10.0. The van der Waals surface area contributed by atoms with E-state index in [1.807, 2.05) is 19.9 Å². The molecule has 1 aliphatic heterocycles. The third kappa shape index (κ3) is 2.58. The number of amides is 2. The Morgan fingerprint density at radius 2 is 2.29 bits per heavy atom. The third-order valence-electron chi connectivity index (χ3n) is 3.69. The van der Waals surface area contributed by atoms with Crippen LogP contribution in [0.3, 0.4) is 0 Å². The summed E-state index contributed by atoms with van der Waals surface area (Å²) in [6.07, 6.45) is 2.68. The predicted molar refractivity (Wildman–Crippen MR) is 76.0 cm³/mol. The van der Waals surface area contributed by atoms with Crippen molar-refractivity contribution in [2.75, 3.05) is 6.54 Å². The van der Waals surface area contributed by atoms with Gasteiger partial charge in [-0.15, -0.1) is 0 Å². The topological polar surface area (TPSA) is 88.4 Å². The molecule has 0 radical (unpaired) electrons. The molecule has 7 nitrogen and oxygen atoms in total. The summed E-state index contributed by atoms with van der Waals surface area (Å²) < 4.78 is 1.67. The molecule has 0 aliphatic carbocycles. The van der Waals surface area contributed by atoms with Gasteiger partial charge in [0.25, 0.3) is 5.91 Å². The van der Waals surface area contributed by atoms with E-state index < -0.39 is 0 Å². The highest BCUT2D eigenvalue weighted by molar-refractivity contribution is 5.95. The van der Waals surface area contributed by atoms with Crippen molar-refractivity contribution in [3.8, 4) is 0 Å². The Bertz CT molecular complexity index is 711. The zero-order valence-corrected chi connectivity index (χ0v) is 12.0. The molecule has 2 aromatic heterocycles. The average Bonchev–Trinajstić information content (AvgIpc) is 2.83. The predicted octanol–water partition coefficient (Wildman–Crippen LogP) is 0.355. The van der Waals surface area contributed by atoms with E-state index in [-0.39, 0.29) is 17.9 Å². The summed E-state index contributed by atoms with van der Waals surface area (Å²) in [6.45, 7) is 4.21. The van der Waals surface area contributed by atoms with Gasteiger partial charge in [0.1, 0.15) is 0 Å². The molecule has 3 heterocycles. The number of aryl methyl sites for hydroxylation is 2. The molecule has 0 spiro atoms. The Kier molecular flexibility index (Phi) is 3.32. The largest absolute Gasteiger partial charge is 0.354 e. The summed E-state index contributed by atoms with van der Waals surface area (Å²) in [4.78, 5) is 27.7. The fourth-order valence-electron chi connectivity index (χ4n) is 2.50. The number of carbonyl (C=O) groups excluding carboxylic acids is 2. The summed E-state index contributed by atoms with van der Waals surface area (Å²) in [5, 5.41) is 10.0. The van der Waals surface area contributed by atoms with Crippen LogP contribution in [0.15, 0.2) is 12.3 Å². The number of hydrogen-bond donors (Lipinski definition) is 2. The summed E-state index contributed by atoms with van der Waals surface area (Å²) in [6, 6.07) is 1.83. The van der Waals surface area contributed by atoms with Gasteiger partial charge in [-0.05, 0) is 20.3 Å². The van der Waals surface area contributed by atoms with Crippen molar-refractivity contribution < 1.29 is 9.59 Å². The van der Waals surface area contributed by atoms with Crippen molar-refractivity contribution in [1.82, 2.24) is 25.2 Å².